The molecule has 1 N–H and O–H groups in total. The van der Waals surface area contributed by atoms with Crippen LogP contribution in [0.2, 0.25) is 10.0 Å². The Bertz CT molecular complexity index is 1150. The largest absolute Gasteiger partial charge is 0.354 e. The van der Waals surface area contributed by atoms with E-state index in [9.17, 15) is 4.79 Å². The molecule has 0 bridgehead atoms. The van der Waals surface area contributed by atoms with Gasteiger partial charge in [-0.15, -0.1) is 0 Å². The molecule has 0 aliphatic carbocycles. The minimum Gasteiger partial charge on any atom is -0.354 e. The van der Waals surface area contributed by atoms with Gasteiger partial charge in [0.05, 0.1) is 11.0 Å². The molecule has 0 unspecified atom stereocenters. The zero-order valence-electron chi connectivity index (χ0n) is 16.2. The minimum atomic E-state index is -0.0828. The molecule has 30 heavy (non-hydrogen) atoms. The Morgan fingerprint density at radius 3 is 2.50 bits per heavy atom. The van der Waals surface area contributed by atoms with Gasteiger partial charge in [-0.25, -0.2) is 4.98 Å². The predicted octanol–water partition coefficient (Wildman–Crippen LogP) is 4.69. The number of imidazole rings is 1. The second-order valence-corrected chi connectivity index (χ2v) is 7.72. The lowest BCUT2D eigenvalue weighted by atomic mass is 10.1. The van der Waals surface area contributed by atoms with Crippen LogP contribution in [0.3, 0.4) is 0 Å². The Hall–Kier alpha value is -2.89. The number of halogens is 2. The fraction of sp³-hybridized carbons (Fsp3) is 0.174. The van der Waals surface area contributed by atoms with Gasteiger partial charge in [-0.3, -0.25) is 9.78 Å². The quantitative estimate of drug-likeness (QED) is 0.455. The Labute approximate surface area is 184 Å². The summed E-state index contributed by atoms with van der Waals surface area (Å²) in [5.41, 5.74) is 3.47. The second-order valence-electron chi connectivity index (χ2n) is 6.90. The summed E-state index contributed by atoms with van der Waals surface area (Å²) in [5, 5.41) is 4.14. The van der Waals surface area contributed by atoms with E-state index in [-0.39, 0.29) is 12.5 Å². The summed E-state index contributed by atoms with van der Waals surface area (Å²) < 4.78 is 1.92. The molecule has 0 radical (unpaired) electrons. The normalized spacial score (nSPS) is 11.0. The van der Waals surface area contributed by atoms with Crippen LogP contribution in [-0.2, 0) is 24.2 Å². The number of para-hydroxylation sites is 2. The first-order chi connectivity index (χ1) is 14.6. The van der Waals surface area contributed by atoms with Crippen molar-refractivity contribution >= 4 is 40.1 Å². The zero-order valence-corrected chi connectivity index (χ0v) is 17.7. The van der Waals surface area contributed by atoms with Crippen LogP contribution in [0.4, 0.5) is 0 Å². The summed E-state index contributed by atoms with van der Waals surface area (Å²) >= 11 is 12.7. The van der Waals surface area contributed by atoms with Crippen LogP contribution in [0.1, 0.15) is 17.1 Å². The molecule has 7 heteroatoms. The molecule has 2 aromatic carbocycles. The maximum atomic E-state index is 12.7. The average Bonchev–Trinajstić information content (AvgIpc) is 3.09. The molecule has 1 amide bonds. The molecule has 0 spiro atoms. The Morgan fingerprint density at radius 2 is 1.73 bits per heavy atom. The fourth-order valence-corrected chi connectivity index (χ4v) is 3.90. The highest BCUT2D eigenvalue weighted by Crippen LogP contribution is 2.28. The van der Waals surface area contributed by atoms with Crippen molar-refractivity contribution in [2.75, 3.05) is 6.54 Å². The molecule has 0 aliphatic heterocycles. The number of carbonyl (C=O) groups is 1. The van der Waals surface area contributed by atoms with Crippen LogP contribution >= 0.6 is 23.2 Å². The highest BCUT2D eigenvalue weighted by molar-refractivity contribution is 6.36. The first kappa shape index (κ1) is 20.4. The third-order valence-corrected chi connectivity index (χ3v) is 5.57. The molecule has 4 rings (SSSR count). The smallest absolute Gasteiger partial charge is 0.240 e. The van der Waals surface area contributed by atoms with Gasteiger partial charge in [0.15, 0.2) is 0 Å². The van der Waals surface area contributed by atoms with E-state index >= 15 is 0 Å². The van der Waals surface area contributed by atoms with Gasteiger partial charge in [0.25, 0.3) is 0 Å². The van der Waals surface area contributed by atoms with E-state index in [4.69, 9.17) is 28.2 Å². The number of nitrogens with one attached hydrogen (secondary N) is 1. The molecule has 5 nitrogen and oxygen atoms in total. The fourth-order valence-electron chi connectivity index (χ4n) is 3.37. The number of hydrogen-bond acceptors (Lipinski definition) is 3. The molecule has 0 fully saturated rings. The lowest BCUT2D eigenvalue weighted by Crippen LogP contribution is -2.30. The van der Waals surface area contributed by atoms with Crippen LogP contribution in [0, 0.1) is 0 Å². The Morgan fingerprint density at radius 1 is 0.967 bits per heavy atom. The van der Waals surface area contributed by atoms with Gasteiger partial charge in [0.2, 0.25) is 5.91 Å². The number of aromatic nitrogens is 3. The highest BCUT2D eigenvalue weighted by Gasteiger charge is 2.16. The number of amides is 1. The third kappa shape index (κ3) is 4.64. The van der Waals surface area contributed by atoms with Crippen LogP contribution in [-0.4, -0.2) is 27.0 Å². The molecule has 0 saturated carbocycles. The third-order valence-electron chi connectivity index (χ3n) is 4.86. The van der Waals surface area contributed by atoms with E-state index in [2.05, 4.69) is 10.3 Å². The predicted molar refractivity (Wildman–Crippen MR) is 120 cm³/mol. The van der Waals surface area contributed by atoms with Crippen molar-refractivity contribution in [1.29, 1.82) is 0 Å². The molecule has 0 atom stereocenters. The van der Waals surface area contributed by atoms with Crippen molar-refractivity contribution in [3.8, 4) is 0 Å². The Balaban J connectivity index is 1.53. The highest BCUT2D eigenvalue weighted by atomic mass is 35.5. The van der Waals surface area contributed by atoms with E-state index < -0.39 is 0 Å². The maximum absolute atomic E-state index is 12.7. The van der Waals surface area contributed by atoms with E-state index in [1.54, 1.807) is 18.3 Å². The van der Waals surface area contributed by atoms with Gasteiger partial charge in [-0.1, -0.05) is 47.5 Å². The van der Waals surface area contributed by atoms with Gasteiger partial charge < -0.3 is 9.88 Å². The summed E-state index contributed by atoms with van der Waals surface area (Å²) in [5.74, 6) is 0.659. The lowest BCUT2D eigenvalue weighted by Gasteiger charge is -2.11. The van der Waals surface area contributed by atoms with Gasteiger partial charge in [0.1, 0.15) is 12.4 Å². The standard InChI is InChI=1S/C23H20Cl2N4O/c24-18-7-5-8-19(25)17(18)14-22-28-20-9-1-2-10-21(20)29(22)15-23(30)27-13-11-16-6-3-4-12-26-16/h1-10,12H,11,13-15H2,(H,27,30). The van der Waals surface area contributed by atoms with Crippen LogP contribution in [0.5, 0.6) is 0 Å². The monoisotopic (exact) mass is 438 g/mol. The summed E-state index contributed by atoms with van der Waals surface area (Å²) in [6.45, 7) is 0.689. The Kier molecular flexibility index (Phi) is 6.31. The summed E-state index contributed by atoms with van der Waals surface area (Å²) in [6, 6.07) is 18.9. The van der Waals surface area contributed by atoms with Crippen LogP contribution < -0.4 is 5.32 Å². The number of nitrogens with zero attached hydrogens (tertiary/aromatic N) is 3. The van der Waals surface area contributed by atoms with Crippen molar-refractivity contribution in [2.45, 2.75) is 19.4 Å². The molecular formula is C23H20Cl2N4O. The van der Waals surface area contributed by atoms with Crippen molar-refractivity contribution in [3.05, 3.63) is 94.0 Å². The summed E-state index contributed by atoms with van der Waals surface area (Å²) in [4.78, 5) is 21.7. The van der Waals surface area contributed by atoms with E-state index in [0.29, 0.717) is 29.4 Å². The van der Waals surface area contributed by atoms with Crippen molar-refractivity contribution in [3.63, 3.8) is 0 Å². The van der Waals surface area contributed by atoms with Gasteiger partial charge >= 0.3 is 0 Å². The summed E-state index contributed by atoms with van der Waals surface area (Å²) in [6.07, 6.45) is 2.87. The van der Waals surface area contributed by atoms with Crippen molar-refractivity contribution < 1.29 is 4.79 Å². The van der Waals surface area contributed by atoms with Gasteiger partial charge in [-0.05, 0) is 42.0 Å². The van der Waals surface area contributed by atoms with Crippen molar-refractivity contribution in [2.24, 2.45) is 0 Å². The molecule has 2 heterocycles. The van der Waals surface area contributed by atoms with Gasteiger partial charge in [-0.2, -0.15) is 0 Å². The minimum absolute atomic E-state index is 0.0828. The molecule has 0 saturated heterocycles. The average molecular weight is 439 g/mol. The molecular weight excluding hydrogens is 419 g/mol. The number of pyridine rings is 1. The molecule has 2 aromatic heterocycles. The lowest BCUT2D eigenvalue weighted by molar-refractivity contribution is -0.121. The first-order valence-electron chi connectivity index (χ1n) is 9.65. The summed E-state index contributed by atoms with van der Waals surface area (Å²) in [7, 11) is 0. The topological polar surface area (TPSA) is 59.8 Å². The molecule has 4 aromatic rings. The molecule has 152 valence electrons. The van der Waals surface area contributed by atoms with E-state index in [1.165, 1.54) is 0 Å². The van der Waals surface area contributed by atoms with Crippen molar-refractivity contribution in [1.82, 2.24) is 19.9 Å². The number of hydrogen-bond donors (Lipinski definition) is 1. The number of fused-ring (bicyclic) bond motifs is 1. The zero-order chi connectivity index (χ0) is 20.9. The van der Waals surface area contributed by atoms with Crippen LogP contribution in [0.15, 0.2) is 66.9 Å². The first-order valence-corrected chi connectivity index (χ1v) is 10.4. The second kappa shape index (κ2) is 9.28. The number of benzene rings is 2. The maximum Gasteiger partial charge on any atom is 0.240 e. The number of rotatable bonds is 7. The number of carbonyl (C=O) groups excluding carboxylic acids is 1. The van der Waals surface area contributed by atoms with Gasteiger partial charge in [0, 0.05) is 41.3 Å². The molecule has 0 aliphatic rings. The van der Waals surface area contributed by atoms with Crippen LogP contribution in [0.25, 0.3) is 11.0 Å². The van der Waals surface area contributed by atoms with E-state index in [0.717, 1.165) is 28.1 Å². The SMILES string of the molecule is O=C(Cn1c(Cc2c(Cl)cccc2Cl)nc2ccccc21)NCCc1ccccn1. The van der Waals surface area contributed by atoms with E-state index in [1.807, 2.05) is 53.1 Å².